The topological polar surface area (TPSA) is 37.4 Å². The van der Waals surface area contributed by atoms with Crippen molar-refractivity contribution in [3.8, 4) is 0 Å². The van der Waals surface area contributed by atoms with Crippen LogP contribution in [0.4, 0.5) is 10.1 Å². The van der Waals surface area contributed by atoms with Gasteiger partial charge in [0.25, 0.3) is 0 Å². The summed E-state index contributed by atoms with van der Waals surface area (Å²) in [6.07, 6.45) is 0.556. The Morgan fingerprint density at radius 2 is 1.86 bits per heavy atom. The van der Waals surface area contributed by atoms with Gasteiger partial charge in [-0.25, -0.2) is 12.8 Å². The van der Waals surface area contributed by atoms with E-state index < -0.39 is 10.0 Å². The molecule has 1 aliphatic heterocycles. The average molecular weight is 305 g/mol. The molecule has 0 bridgehead atoms. The van der Waals surface area contributed by atoms with Crippen molar-refractivity contribution in [2.24, 2.45) is 0 Å². The maximum Gasteiger partial charge on any atom is 0.239 e. The fourth-order valence-corrected chi connectivity index (χ4v) is 4.22. The molecule has 2 aromatic rings. The molecule has 0 fully saturated rings. The first-order valence-electron chi connectivity index (χ1n) is 6.80. The highest BCUT2D eigenvalue weighted by Gasteiger charge is 2.29. The SMILES string of the molecule is Cc1ccc(CS(=O)(=O)N2CCc3cc(F)ccc32)cc1. The van der Waals surface area contributed by atoms with E-state index in [0.717, 1.165) is 16.7 Å². The molecule has 3 rings (SSSR count). The van der Waals surface area contributed by atoms with Gasteiger partial charge in [0.15, 0.2) is 0 Å². The largest absolute Gasteiger partial charge is 0.269 e. The number of nitrogens with zero attached hydrogens (tertiary/aromatic N) is 1. The number of aryl methyl sites for hydroxylation is 1. The Hall–Kier alpha value is -1.88. The number of fused-ring (bicyclic) bond motifs is 1. The molecule has 0 N–H and O–H groups in total. The summed E-state index contributed by atoms with van der Waals surface area (Å²) in [5.74, 6) is -0.365. The van der Waals surface area contributed by atoms with Crippen molar-refractivity contribution in [2.75, 3.05) is 10.8 Å². The molecular weight excluding hydrogens is 289 g/mol. The van der Waals surface area contributed by atoms with Crippen LogP contribution in [0, 0.1) is 12.7 Å². The van der Waals surface area contributed by atoms with Crippen molar-refractivity contribution in [2.45, 2.75) is 19.1 Å². The quantitative estimate of drug-likeness (QED) is 0.874. The van der Waals surface area contributed by atoms with E-state index in [4.69, 9.17) is 0 Å². The normalized spacial score (nSPS) is 14.3. The second-order valence-corrected chi connectivity index (χ2v) is 7.23. The van der Waals surface area contributed by atoms with E-state index in [-0.39, 0.29) is 11.6 Å². The predicted octanol–water partition coefficient (Wildman–Crippen LogP) is 3.03. The van der Waals surface area contributed by atoms with Crippen molar-refractivity contribution in [1.82, 2.24) is 0 Å². The van der Waals surface area contributed by atoms with Crippen molar-refractivity contribution >= 4 is 15.7 Å². The first kappa shape index (κ1) is 14.1. The maximum absolute atomic E-state index is 13.2. The van der Waals surface area contributed by atoms with Crippen molar-refractivity contribution < 1.29 is 12.8 Å². The van der Waals surface area contributed by atoms with Crippen LogP contribution in [0.25, 0.3) is 0 Å². The van der Waals surface area contributed by atoms with Crippen LogP contribution >= 0.6 is 0 Å². The molecule has 0 radical (unpaired) electrons. The Morgan fingerprint density at radius 1 is 1.14 bits per heavy atom. The summed E-state index contributed by atoms with van der Waals surface area (Å²) in [7, 11) is -3.44. The number of hydrogen-bond acceptors (Lipinski definition) is 2. The molecule has 2 aromatic carbocycles. The molecule has 0 aromatic heterocycles. The van der Waals surface area contributed by atoms with E-state index >= 15 is 0 Å². The van der Waals surface area contributed by atoms with Gasteiger partial charge in [0, 0.05) is 6.54 Å². The minimum atomic E-state index is -3.44. The molecule has 0 saturated heterocycles. The summed E-state index contributed by atoms with van der Waals surface area (Å²) in [4.78, 5) is 0. The van der Waals surface area contributed by atoms with Crippen LogP contribution in [0.3, 0.4) is 0 Å². The van der Waals surface area contributed by atoms with Crippen molar-refractivity contribution in [3.05, 3.63) is 65.0 Å². The molecule has 3 nitrogen and oxygen atoms in total. The van der Waals surface area contributed by atoms with Crippen LogP contribution in [0.15, 0.2) is 42.5 Å². The zero-order valence-electron chi connectivity index (χ0n) is 11.7. The zero-order valence-corrected chi connectivity index (χ0v) is 12.5. The molecule has 0 atom stereocenters. The average Bonchev–Trinajstić information content (AvgIpc) is 2.85. The minimum Gasteiger partial charge on any atom is -0.269 e. The second kappa shape index (κ2) is 5.15. The van der Waals surface area contributed by atoms with Gasteiger partial charge in [-0.15, -0.1) is 0 Å². The number of hydrogen-bond donors (Lipinski definition) is 0. The van der Waals surface area contributed by atoms with Gasteiger partial charge in [0.1, 0.15) is 5.82 Å². The molecule has 1 aliphatic rings. The van der Waals surface area contributed by atoms with Crippen LogP contribution in [0.2, 0.25) is 0 Å². The molecule has 0 spiro atoms. The van der Waals surface area contributed by atoms with Crippen molar-refractivity contribution in [3.63, 3.8) is 0 Å². The third kappa shape index (κ3) is 2.78. The van der Waals surface area contributed by atoms with Crippen molar-refractivity contribution in [1.29, 1.82) is 0 Å². The zero-order chi connectivity index (χ0) is 15.0. The Morgan fingerprint density at radius 3 is 2.57 bits per heavy atom. The number of halogens is 1. The highest BCUT2D eigenvalue weighted by molar-refractivity contribution is 7.92. The lowest BCUT2D eigenvalue weighted by Crippen LogP contribution is -2.30. The molecule has 110 valence electrons. The number of sulfonamides is 1. The summed E-state index contributed by atoms with van der Waals surface area (Å²) >= 11 is 0. The highest BCUT2D eigenvalue weighted by Crippen LogP contribution is 2.31. The van der Waals surface area contributed by atoms with Gasteiger partial charge in [0.2, 0.25) is 10.0 Å². The van der Waals surface area contributed by atoms with E-state index in [1.54, 1.807) is 6.07 Å². The molecule has 21 heavy (non-hydrogen) atoms. The number of benzene rings is 2. The molecule has 0 amide bonds. The summed E-state index contributed by atoms with van der Waals surface area (Å²) in [5, 5.41) is 0. The van der Waals surface area contributed by atoms with Gasteiger partial charge in [0.05, 0.1) is 11.4 Å². The monoisotopic (exact) mass is 305 g/mol. The first-order valence-corrected chi connectivity index (χ1v) is 8.41. The van der Waals surface area contributed by atoms with Gasteiger partial charge in [-0.2, -0.15) is 0 Å². The summed E-state index contributed by atoms with van der Waals surface area (Å²) in [6.45, 7) is 2.34. The lowest BCUT2D eigenvalue weighted by atomic mass is 10.2. The highest BCUT2D eigenvalue weighted by atomic mass is 32.2. The van der Waals surface area contributed by atoms with E-state index in [1.807, 2.05) is 31.2 Å². The molecule has 0 aliphatic carbocycles. The van der Waals surface area contributed by atoms with Crippen LogP contribution in [0.1, 0.15) is 16.7 Å². The Bertz CT molecular complexity index is 769. The van der Waals surface area contributed by atoms with Gasteiger partial charge in [-0.1, -0.05) is 29.8 Å². The van der Waals surface area contributed by atoms with Crippen LogP contribution < -0.4 is 4.31 Å². The van der Waals surface area contributed by atoms with Crippen LogP contribution in [-0.4, -0.2) is 15.0 Å². The number of anilines is 1. The molecule has 5 heteroatoms. The molecule has 1 heterocycles. The van der Waals surface area contributed by atoms with Gasteiger partial charge >= 0.3 is 0 Å². The van der Waals surface area contributed by atoms with E-state index in [2.05, 4.69) is 0 Å². The van der Waals surface area contributed by atoms with Crippen LogP contribution in [0.5, 0.6) is 0 Å². The lowest BCUT2D eigenvalue weighted by molar-refractivity contribution is 0.591. The second-order valence-electron chi connectivity index (χ2n) is 5.34. The minimum absolute atomic E-state index is 0.0376. The van der Waals surface area contributed by atoms with Gasteiger partial charge in [-0.05, 0) is 42.7 Å². The molecular formula is C16H16FNO2S. The molecule has 0 unspecified atom stereocenters. The Labute approximate surface area is 124 Å². The van der Waals surface area contributed by atoms with E-state index in [0.29, 0.717) is 18.7 Å². The summed E-state index contributed by atoms with van der Waals surface area (Å²) in [6, 6.07) is 11.7. The third-order valence-corrected chi connectivity index (χ3v) is 5.45. The lowest BCUT2D eigenvalue weighted by Gasteiger charge is -2.19. The Kier molecular flexibility index (Phi) is 3.45. The summed E-state index contributed by atoms with van der Waals surface area (Å²) in [5.41, 5.74) is 3.21. The van der Waals surface area contributed by atoms with Gasteiger partial charge < -0.3 is 0 Å². The van der Waals surface area contributed by atoms with Gasteiger partial charge in [-0.3, -0.25) is 4.31 Å². The fraction of sp³-hybridized carbons (Fsp3) is 0.250. The standard InChI is InChI=1S/C16H16FNO2S/c1-12-2-4-13(5-3-12)11-21(19,20)18-9-8-14-10-15(17)6-7-16(14)18/h2-7,10H,8-9,11H2,1H3. The van der Waals surface area contributed by atoms with Crippen LogP contribution in [-0.2, 0) is 22.2 Å². The third-order valence-electron chi connectivity index (χ3n) is 3.70. The first-order chi connectivity index (χ1) is 9.95. The molecule has 0 saturated carbocycles. The van der Waals surface area contributed by atoms with E-state index in [1.165, 1.54) is 16.4 Å². The smallest absolute Gasteiger partial charge is 0.239 e. The Balaban J connectivity index is 1.89. The summed E-state index contributed by atoms with van der Waals surface area (Å²) < 4.78 is 39.7. The number of rotatable bonds is 3. The van der Waals surface area contributed by atoms with E-state index in [9.17, 15) is 12.8 Å². The fourth-order valence-electron chi connectivity index (χ4n) is 2.60. The maximum atomic E-state index is 13.2. The predicted molar refractivity (Wildman–Crippen MR) is 81.3 cm³/mol.